The van der Waals surface area contributed by atoms with Gasteiger partial charge in [0.15, 0.2) is 11.4 Å². The second kappa shape index (κ2) is 9.29. The lowest BCUT2D eigenvalue weighted by Gasteiger charge is -2.53. The van der Waals surface area contributed by atoms with Crippen molar-refractivity contribution in [1.82, 2.24) is 4.90 Å². The number of primary amides is 1. The molecule has 10 nitrogen and oxygen atoms in total. The fourth-order valence-electron chi connectivity index (χ4n) is 6.70. The summed E-state index contributed by atoms with van der Waals surface area (Å²) in [5.41, 5.74) is 3.39. The van der Waals surface area contributed by atoms with E-state index in [0.717, 1.165) is 0 Å². The minimum absolute atomic E-state index is 0.00777. The molecule has 0 aliphatic heterocycles. The number of benzene rings is 1. The molecule has 1 amide bonds. The summed E-state index contributed by atoms with van der Waals surface area (Å²) < 4.78 is 0. The molecule has 2 unspecified atom stereocenters. The first-order chi connectivity index (χ1) is 17.5. The number of amides is 1. The Labute approximate surface area is 221 Å². The van der Waals surface area contributed by atoms with E-state index in [4.69, 9.17) is 5.73 Å². The van der Waals surface area contributed by atoms with Crippen molar-refractivity contribution in [3.05, 3.63) is 34.4 Å². The molecule has 0 bridgehead atoms. The van der Waals surface area contributed by atoms with Crippen LogP contribution in [0.25, 0.3) is 5.76 Å². The summed E-state index contributed by atoms with van der Waals surface area (Å²) in [5.74, 6) is -7.86. The number of nitrogens with zero attached hydrogens (tertiary/aromatic N) is 1. The van der Waals surface area contributed by atoms with Gasteiger partial charge in [-0.25, -0.2) is 0 Å². The van der Waals surface area contributed by atoms with Crippen molar-refractivity contribution in [2.45, 2.75) is 64.2 Å². The molecule has 2 fully saturated rings. The molecule has 6 N–H and O–H groups in total. The average molecular weight is 529 g/mol. The Morgan fingerprint density at radius 1 is 1.16 bits per heavy atom. The number of aliphatic hydroxyl groups excluding tert-OH is 2. The average Bonchev–Trinajstić information content (AvgIpc) is 2.76. The molecule has 3 aliphatic rings. The van der Waals surface area contributed by atoms with E-state index in [-0.39, 0.29) is 47.3 Å². The zero-order chi connectivity index (χ0) is 28.5. The number of Topliss-reactive ketones (excluding diaryl/α,β-unsaturated/α-hetero) is 3. The van der Waals surface area contributed by atoms with Crippen LogP contribution in [0, 0.1) is 23.2 Å². The number of likely N-dealkylation sites (N-methyl/N-ethyl adjacent to an activating group) is 1. The molecule has 38 heavy (non-hydrogen) atoms. The third kappa shape index (κ3) is 4.24. The molecule has 4 rings (SSSR count). The molecule has 206 valence electrons. The van der Waals surface area contributed by atoms with Crippen molar-refractivity contribution in [3.63, 3.8) is 0 Å². The van der Waals surface area contributed by atoms with Crippen molar-refractivity contribution in [1.29, 1.82) is 0 Å². The fourth-order valence-corrected chi connectivity index (χ4v) is 6.70. The Balaban J connectivity index is 1.84. The molecule has 1 aromatic rings. The molecule has 2 saturated carbocycles. The molecule has 0 radical (unpaired) electrons. The van der Waals surface area contributed by atoms with E-state index in [1.165, 1.54) is 6.07 Å². The topological polar surface area (TPSA) is 178 Å². The standard InChI is InChI=1S/C28H36N2O8/c1-27(2,3)11-14(31)8-12-6-7-17(32)19-15(12)9-13-10-16-21(30(4)5)23(34)20(26(29)37)25(36)28(16,38)24(35)18(13)22(19)33/h6-7,13,16,20-21,23,32-34,38H,8-11H2,1-5H3,(H2,29,37)/t13-,16-,20?,21-,23?,28-/m1/s1. The Morgan fingerprint density at radius 3 is 2.34 bits per heavy atom. The lowest BCUT2D eigenvalue weighted by molar-refractivity contribution is -0.184. The van der Waals surface area contributed by atoms with Crippen LogP contribution >= 0.6 is 0 Å². The van der Waals surface area contributed by atoms with E-state index in [1.807, 2.05) is 20.8 Å². The molecule has 10 heteroatoms. The lowest BCUT2D eigenvalue weighted by atomic mass is 9.54. The predicted octanol–water partition coefficient (Wildman–Crippen LogP) is 0.677. The number of nitrogens with two attached hydrogens (primary N) is 1. The molecule has 0 heterocycles. The van der Waals surface area contributed by atoms with Gasteiger partial charge in [-0.1, -0.05) is 26.8 Å². The summed E-state index contributed by atoms with van der Waals surface area (Å²) in [4.78, 5) is 53.6. The van der Waals surface area contributed by atoms with Crippen LogP contribution < -0.4 is 5.73 Å². The van der Waals surface area contributed by atoms with Gasteiger partial charge in [0.25, 0.3) is 0 Å². The van der Waals surface area contributed by atoms with Gasteiger partial charge < -0.3 is 31.1 Å². The predicted molar refractivity (Wildman–Crippen MR) is 137 cm³/mol. The monoisotopic (exact) mass is 528 g/mol. The van der Waals surface area contributed by atoms with Crippen LogP contribution in [-0.2, 0) is 32.0 Å². The van der Waals surface area contributed by atoms with Gasteiger partial charge in [-0.2, -0.15) is 0 Å². The second-order valence-corrected chi connectivity index (χ2v) is 12.3. The number of aromatic hydroxyl groups is 1. The minimum Gasteiger partial charge on any atom is -0.507 e. The van der Waals surface area contributed by atoms with Gasteiger partial charge in [-0.3, -0.25) is 19.2 Å². The molecule has 0 spiro atoms. The summed E-state index contributed by atoms with van der Waals surface area (Å²) >= 11 is 0. The summed E-state index contributed by atoms with van der Waals surface area (Å²) in [6.45, 7) is 5.87. The first-order valence-corrected chi connectivity index (χ1v) is 12.7. The van der Waals surface area contributed by atoms with Crippen LogP contribution in [0.3, 0.4) is 0 Å². The van der Waals surface area contributed by atoms with Gasteiger partial charge in [0.05, 0.1) is 11.7 Å². The van der Waals surface area contributed by atoms with Crippen LogP contribution in [0.4, 0.5) is 0 Å². The van der Waals surface area contributed by atoms with Crippen LogP contribution in [0.5, 0.6) is 5.75 Å². The van der Waals surface area contributed by atoms with Gasteiger partial charge in [-0.05, 0) is 55.5 Å². The van der Waals surface area contributed by atoms with Crippen molar-refractivity contribution in [2.75, 3.05) is 14.1 Å². The highest BCUT2D eigenvalue weighted by molar-refractivity contribution is 6.25. The second-order valence-electron chi connectivity index (χ2n) is 12.3. The Bertz CT molecular complexity index is 1260. The largest absolute Gasteiger partial charge is 0.507 e. The molecule has 1 aromatic carbocycles. The number of hydrogen-bond donors (Lipinski definition) is 5. The van der Waals surface area contributed by atoms with Crippen molar-refractivity contribution < 1.29 is 39.6 Å². The molecule has 3 aliphatic carbocycles. The minimum atomic E-state index is -2.69. The van der Waals surface area contributed by atoms with E-state index in [9.17, 15) is 39.6 Å². The highest BCUT2D eigenvalue weighted by atomic mass is 16.3. The molecular weight excluding hydrogens is 492 g/mol. The van der Waals surface area contributed by atoms with Crippen LogP contribution in [0.2, 0.25) is 0 Å². The Morgan fingerprint density at radius 2 is 1.79 bits per heavy atom. The van der Waals surface area contributed by atoms with Crippen molar-refractivity contribution in [3.8, 4) is 5.75 Å². The van der Waals surface area contributed by atoms with E-state index in [1.54, 1.807) is 25.1 Å². The van der Waals surface area contributed by atoms with E-state index in [0.29, 0.717) is 17.5 Å². The van der Waals surface area contributed by atoms with E-state index >= 15 is 0 Å². The quantitative estimate of drug-likeness (QED) is 0.344. The highest BCUT2D eigenvalue weighted by Gasteiger charge is 2.67. The van der Waals surface area contributed by atoms with Crippen molar-refractivity contribution in [2.24, 2.45) is 28.9 Å². The molecular formula is C28H36N2O8. The zero-order valence-corrected chi connectivity index (χ0v) is 22.3. The van der Waals surface area contributed by atoms with Crippen LogP contribution in [-0.4, -0.2) is 80.4 Å². The van der Waals surface area contributed by atoms with Gasteiger partial charge >= 0.3 is 0 Å². The van der Waals surface area contributed by atoms with Gasteiger partial charge in [-0.15, -0.1) is 0 Å². The maximum atomic E-state index is 13.8. The number of phenols is 1. The highest BCUT2D eigenvalue weighted by Crippen LogP contribution is 2.52. The number of fused-ring (bicyclic) bond motifs is 3. The number of ketones is 3. The summed E-state index contributed by atoms with van der Waals surface area (Å²) in [7, 11) is 3.20. The zero-order valence-electron chi connectivity index (χ0n) is 22.3. The number of carbonyl (C=O) groups excluding carboxylic acids is 4. The number of aliphatic hydroxyl groups is 3. The molecule has 0 saturated heterocycles. The normalized spacial score (nSPS) is 31.1. The van der Waals surface area contributed by atoms with Gasteiger partial charge in [0.1, 0.15) is 23.2 Å². The maximum Gasteiger partial charge on any atom is 0.230 e. The molecule has 6 atom stereocenters. The fraction of sp³-hybridized carbons (Fsp3) is 0.571. The SMILES string of the molecule is CN(C)[C@H]1C(O)C(C(N)=O)C(=O)[C@]2(O)C(=O)C3=C(O)c4c(O)ccc(CC(=O)CC(C)(C)C)c4C[C@@H]3C[C@H]12. The maximum absolute atomic E-state index is 13.8. The summed E-state index contributed by atoms with van der Waals surface area (Å²) in [6.07, 6.45) is -0.934. The van der Waals surface area contributed by atoms with Crippen LogP contribution in [0.1, 0.15) is 50.3 Å². The van der Waals surface area contributed by atoms with Gasteiger partial charge in [0, 0.05) is 30.4 Å². The number of hydrogen-bond acceptors (Lipinski definition) is 9. The summed E-state index contributed by atoms with van der Waals surface area (Å²) in [6, 6.07) is 2.01. The van der Waals surface area contributed by atoms with Gasteiger partial charge in [0.2, 0.25) is 11.7 Å². The number of carbonyl (C=O) groups is 4. The third-order valence-corrected chi connectivity index (χ3v) is 8.18. The molecule has 0 aromatic heterocycles. The van der Waals surface area contributed by atoms with E-state index in [2.05, 4.69) is 0 Å². The van der Waals surface area contributed by atoms with E-state index < -0.39 is 58.7 Å². The Kier molecular flexibility index (Phi) is 6.83. The number of phenolic OH excluding ortho intramolecular Hbond substituents is 1. The van der Waals surface area contributed by atoms with Crippen molar-refractivity contribution >= 4 is 29.0 Å². The first kappa shape index (κ1) is 27.9. The summed E-state index contributed by atoms with van der Waals surface area (Å²) in [5, 5.41) is 44.5. The smallest absolute Gasteiger partial charge is 0.230 e. The number of rotatable bonds is 5. The van der Waals surface area contributed by atoms with Crippen LogP contribution in [0.15, 0.2) is 17.7 Å². The Hall–Kier alpha value is -3.08. The first-order valence-electron chi connectivity index (χ1n) is 12.7. The third-order valence-electron chi connectivity index (χ3n) is 8.18. The lowest BCUT2D eigenvalue weighted by Crippen LogP contribution is -2.73.